The molecule has 7 heteroatoms. The van der Waals surface area contributed by atoms with Crippen LogP contribution in [0.4, 0.5) is 4.39 Å². The fourth-order valence-corrected chi connectivity index (χ4v) is 4.88. The summed E-state index contributed by atoms with van der Waals surface area (Å²) in [5, 5.41) is 0. The van der Waals surface area contributed by atoms with E-state index < -0.39 is 20.7 Å². The van der Waals surface area contributed by atoms with E-state index in [1.807, 2.05) is 4.90 Å². The van der Waals surface area contributed by atoms with Gasteiger partial charge in [-0.2, -0.15) is 0 Å². The second-order valence-corrected chi connectivity index (χ2v) is 8.99. The SMILES string of the molecule is CC(C)NS(=O)(=O)c1cc(C(=O)N(C2CCCC2)C2CC2)ccc1F. The minimum Gasteiger partial charge on any atom is -0.333 e. The van der Waals surface area contributed by atoms with Crippen LogP contribution < -0.4 is 4.72 Å². The third-order valence-electron chi connectivity index (χ3n) is 4.75. The standard InChI is InChI=1S/C18H25FN2O3S/c1-12(2)20-25(23,24)17-11-13(7-10-16(17)19)18(22)21(15-8-9-15)14-5-3-4-6-14/h7,10-12,14-15,20H,3-6,8-9H2,1-2H3. The number of halogens is 1. The number of amides is 1. The van der Waals surface area contributed by atoms with Gasteiger partial charge in [-0.3, -0.25) is 4.79 Å². The first kappa shape index (κ1) is 18.3. The van der Waals surface area contributed by atoms with Crippen LogP contribution in [-0.4, -0.2) is 37.4 Å². The molecule has 5 nitrogen and oxygen atoms in total. The van der Waals surface area contributed by atoms with Gasteiger partial charge in [0.2, 0.25) is 10.0 Å². The first-order valence-electron chi connectivity index (χ1n) is 8.94. The topological polar surface area (TPSA) is 66.5 Å². The van der Waals surface area contributed by atoms with Crippen LogP contribution in [0.3, 0.4) is 0 Å². The lowest BCUT2D eigenvalue weighted by molar-refractivity contribution is 0.0664. The maximum Gasteiger partial charge on any atom is 0.254 e. The van der Waals surface area contributed by atoms with E-state index in [1.54, 1.807) is 13.8 Å². The Balaban J connectivity index is 1.91. The summed E-state index contributed by atoms with van der Waals surface area (Å²) in [5.74, 6) is -1.03. The Kier molecular flexibility index (Phi) is 5.16. The monoisotopic (exact) mass is 368 g/mol. The first-order chi connectivity index (χ1) is 11.8. The van der Waals surface area contributed by atoms with Gasteiger partial charge in [-0.1, -0.05) is 12.8 Å². The van der Waals surface area contributed by atoms with E-state index in [-0.39, 0.29) is 29.6 Å². The van der Waals surface area contributed by atoms with E-state index in [1.165, 1.54) is 12.1 Å². The van der Waals surface area contributed by atoms with Crippen molar-refractivity contribution in [3.05, 3.63) is 29.6 Å². The molecular formula is C18H25FN2O3S. The van der Waals surface area contributed by atoms with Crippen LogP contribution in [0.1, 0.15) is 62.7 Å². The van der Waals surface area contributed by atoms with Gasteiger partial charge in [0.05, 0.1) is 0 Å². The highest BCUT2D eigenvalue weighted by atomic mass is 32.2. The number of hydrogen-bond donors (Lipinski definition) is 1. The van der Waals surface area contributed by atoms with Gasteiger partial charge < -0.3 is 4.90 Å². The number of hydrogen-bond acceptors (Lipinski definition) is 3. The molecule has 25 heavy (non-hydrogen) atoms. The summed E-state index contributed by atoms with van der Waals surface area (Å²) >= 11 is 0. The third kappa shape index (κ3) is 4.03. The molecule has 1 amide bonds. The number of rotatable bonds is 6. The minimum absolute atomic E-state index is 0.185. The number of nitrogens with one attached hydrogen (secondary N) is 1. The zero-order chi connectivity index (χ0) is 18.2. The van der Waals surface area contributed by atoms with Gasteiger partial charge in [0.25, 0.3) is 5.91 Å². The lowest BCUT2D eigenvalue weighted by Gasteiger charge is -2.29. The molecule has 0 aromatic heterocycles. The summed E-state index contributed by atoms with van der Waals surface area (Å²) in [6.07, 6.45) is 6.19. The fourth-order valence-electron chi connectivity index (χ4n) is 3.53. The second kappa shape index (κ2) is 7.03. The molecule has 3 rings (SSSR count). The largest absolute Gasteiger partial charge is 0.333 e. The van der Waals surface area contributed by atoms with Gasteiger partial charge in [0, 0.05) is 23.7 Å². The smallest absolute Gasteiger partial charge is 0.254 e. The number of carbonyl (C=O) groups is 1. The van der Waals surface area contributed by atoms with Crippen molar-refractivity contribution < 1.29 is 17.6 Å². The van der Waals surface area contributed by atoms with Gasteiger partial charge in [-0.15, -0.1) is 0 Å². The Bertz CT molecular complexity index is 754. The average molecular weight is 368 g/mol. The zero-order valence-electron chi connectivity index (χ0n) is 14.7. The molecule has 0 heterocycles. The zero-order valence-corrected chi connectivity index (χ0v) is 15.5. The summed E-state index contributed by atoms with van der Waals surface area (Å²) in [5.41, 5.74) is 0.240. The Labute approximate surface area is 148 Å². The molecule has 0 bridgehead atoms. The van der Waals surface area contributed by atoms with Crippen molar-refractivity contribution in [2.45, 2.75) is 75.4 Å². The van der Waals surface area contributed by atoms with Crippen molar-refractivity contribution in [2.75, 3.05) is 0 Å². The van der Waals surface area contributed by atoms with E-state index in [4.69, 9.17) is 0 Å². The van der Waals surface area contributed by atoms with E-state index in [0.29, 0.717) is 0 Å². The summed E-state index contributed by atoms with van der Waals surface area (Å²) in [6.45, 7) is 3.33. The quantitative estimate of drug-likeness (QED) is 0.839. The van der Waals surface area contributed by atoms with Crippen LogP contribution in [0, 0.1) is 5.82 Å². The number of sulfonamides is 1. The van der Waals surface area contributed by atoms with Crippen LogP contribution >= 0.6 is 0 Å². The predicted octanol–water partition coefficient (Wildman–Crippen LogP) is 3.06. The molecule has 0 atom stereocenters. The summed E-state index contributed by atoms with van der Waals surface area (Å²) in [4.78, 5) is 14.5. The molecule has 1 N–H and O–H groups in total. The molecule has 0 saturated heterocycles. The Morgan fingerprint density at radius 2 is 1.76 bits per heavy atom. The molecule has 2 saturated carbocycles. The minimum atomic E-state index is -3.99. The first-order valence-corrected chi connectivity index (χ1v) is 10.4. The van der Waals surface area contributed by atoms with Crippen LogP contribution in [0.2, 0.25) is 0 Å². The van der Waals surface area contributed by atoms with E-state index in [9.17, 15) is 17.6 Å². The molecule has 0 radical (unpaired) electrons. The van der Waals surface area contributed by atoms with Crippen molar-refractivity contribution in [1.82, 2.24) is 9.62 Å². The van der Waals surface area contributed by atoms with Gasteiger partial charge in [0.1, 0.15) is 10.7 Å². The van der Waals surface area contributed by atoms with Gasteiger partial charge >= 0.3 is 0 Å². The maximum absolute atomic E-state index is 14.1. The van der Waals surface area contributed by atoms with Crippen LogP contribution in [0.15, 0.2) is 23.1 Å². The lowest BCUT2D eigenvalue weighted by Crippen LogP contribution is -2.40. The normalized spacial score (nSPS) is 18.7. The highest BCUT2D eigenvalue weighted by Crippen LogP contribution is 2.35. The second-order valence-electron chi connectivity index (χ2n) is 7.30. The number of benzene rings is 1. The third-order valence-corrected chi connectivity index (χ3v) is 6.42. The summed E-state index contributed by atoms with van der Waals surface area (Å²) in [7, 11) is -3.99. The lowest BCUT2D eigenvalue weighted by atomic mass is 10.1. The van der Waals surface area contributed by atoms with Gasteiger partial charge in [-0.05, 0) is 57.7 Å². The highest BCUT2D eigenvalue weighted by Gasteiger charge is 2.39. The molecule has 1 aromatic rings. The molecular weight excluding hydrogens is 343 g/mol. The Morgan fingerprint density at radius 1 is 1.16 bits per heavy atom. The van der Waals surface area contributed by atoms with Gasteiger partial charge in [0.15, 0.2) is 0 Å². The summed E-state index contributed by atoms with van der Waals surface area (Å²) < 4.78 is 41.1. The molecule has 2 aliphatic carbocycles. The molecule has 0 unspecified atom stereocenters. The predicted molar refractivity (Wildman–Crippen MR) is 93.3 cm³/mol. The van der Waals surface area contributed by atoms with Crippen molar-refractivity contribution in [3.8, 4) is 0 Å². The highest BCUT2D eigenvalue weighted by molar-refractivity contribution is 7.89. The summed E-state index contributed by atoms with van der Waals surface area (Å²) in [6, 6.07) is 3.74. The molecule has 2 fully saturated rings. The molecule has 1 aromatic carbocycles. The van der Waals surface area contributed by atoms with Crippen LogP contribution in [0.25, 0.3) is 0 Å². The molecule has 138 valence electrons. The fraction of sp³-hybridized carbons (Fsp3) is 0.611. The maximum atomic E-state index is 14.1. The average Bonchev–Trinajstić information content (AvgIpc) is 3.20. The van der Waals surface area contributed by atoms with E-state index >= 15 is 0 Å². The molecule has 0 spiro atoms. The molecule has 2 aliphatic rings. The number of nitrogens with zero attached hydrogens (tertiary/aromatic N) is 1. The van der Waals surface area contributed by atoms with Crippen LogP contribution in [-0.2, 0) is 10.0 Å². The Morgan fingerprint density at radius 3 is 2.32 bits per heavy atom. The van der Waals surface area contributed by atoms with Gasteiger partial charge in [-0.25, -0.2) is 17.5 Å². The Hall–Kier alpha value is -1.47. The van der Waals surface area contributed by atoms with E-state index in [0.717, 1.165) is 44.6 Å². The van der Waals surface area contributed by atoms with E-state index in [2.05, 4.69) is 4.72 Å². The van der Waals surface area contributed by atoms with Crippen LogP contribution in [0.5, 0.6) is 0 Å². The van der Waals surface area contributed by atoms with Crippen molar-refractivity contribution in [1.29, 1.82) is 0 Å². The van der Waals surface area contributed by atoms with Crippen molar-refractivity contribution >= 4 is 15.9 Å². The molecule has 0 aliphatic heterocycles. The van der Waals surface area contributed by atoms with Crippen molar-refractivity contribution in [2.24, 2.45) is 0 Å². The van der Waals surface area contributed by atoms with Crippen molar-refractivity contribution in [3.63, 3.8) is 0 Å². The number of carbonyl (C=O) groups excluding carboxylic acids is 1.